The second-order valence-corrected chi connectivity index (χ2v) is 1.71. The number of nitrogens with one attached hydrogen (secondary N) is 3. The van der Waals surface area contributed by atoms with E-state index in [1.54, 1.807) is 0 Å². The van der Waals surface area contributed by atoms with Gasteiger partial charge in [-0.05, 0) is 0 Å². The van der Waals surface area contributed by atoms with Gasteiger partial charge in [-0.15, -0.1) is 0 Å². The van der Waals surface area contributed by atoms with Gasteiger partial charge in [0.2, 0.25) is 0 Å². The quantitative estimate of drug-likeness (QED) is 0.311. The maximum Gasteiger partial charge on any atom is 0.193 e. The number of nitrogens with zero attached hydrogens (tertiary/aromatic N) is 2. The van der Waals surface area contributed by atoms with Crippen LogP contribution in [0.5, 0.6) is 0 Å². The molecule has 0 aromatic rings. The van der Waals surface area contributed by atoms with Crippen LogP contribution in [0, 0.1) is 10.1 Å². The minimum absolute atomic E-state index is 0.337. The molecule has 0 aromatic heterocycles. The van der Waals surface area contributed by atoms with Crippen LogP contribution in [0.15, 0.2) is 5.10 Å². The number of hydrazone groups is 1. The lowest BCUT2D eigenvalue weighted by Crippen LogP contribution is -2.52. The topological polar surface area (TPSA) is 91.6 Å². The largest absolute Gasteiger partial charge is 0.291 e. The van der Waals surface area contributed by atoms with Crippen molar-refractivity contribution in [1.29, 1.82) is 0 Å². The summed E-state index contributed by atoms with van der Waals surface area (Å²) in [6.45, 7) is 0.639. The molecule has 0 radical (unpaired) electrons. The van der Waals surface area contributed by atoms with E-state index in [9.17, 15) is 10.1 Å². The van der Waals surface area contributed by atoms with Gasteiger partial charge in [-0.25, -0.2) is 15.5 Å². The second-order valence-electron chi connectivity index (χ2n) is 1.71. The van der Waals surface area contributed by atoms with Gasteiger partial charge < -0.3 is 0 Å². The Bertz CT molecular complexity index is 158. The molecule has 1 fully saturated rings. The Morgan fingerprint density at radius 2 is 2.50 bits per heavy atom. The molecule has 0 aromatic carbocycles. The van der Waals surface area contributed by atoms with Crippen molar-refractivity contribution in [2.24, 2.45) is 5.10 Å². The Hall–Kier alpha value is -1.21. The molecule has 10 heavy (non-hydrogen) atoms. The van der Waals surface area contributed by atoms with Crippen LogP contribution in [0.2, 0.25) is 0 Å². The van der Waals surface area contributed by atoms with Crippen molar-refractivity contribution in [3.8, 4) is 0 Å². The molecule has 0 saturated carbocycles. The number of amidine groups is 1. The molecule has 0 aliphatic carbocycles. The molecule has 0 amide bonds. The van der Waals surface area contributed by atoms with Crippen LogP contribution >= 0.6 is 0 Å². The molecule has 1 saturated heterocycles. The first-order chi connectivity index (χ1) is 4.79. The molecule has 0 atom stereocenters. The zero-order valence-electron chi connectivity index (χ0n) is 5.13. The van der Waals surface area contributed by atoms with E-state index in [1.165, 1.54) is 0 Å². The fraction of sp³-hybridized carbons (Fsp3) is 0.667. The number of rotatable bonds is 1. The third-order valence-corrected chi connectivity index (χ3v) is 0.984. The summed E-state index contributed by atoms with van der Waals surface area (Å²) in [6, 6.07) is 0. The van der Waals surface area contributed by atoms with Gasteiger partial charge >= 0.3 is 0 Å². The highest BCUT2D eigenvalue weighted by Crippen LogP contribution is 1.84. The van der Waals surface area contributed by atoms with Crippen molar-refractivity contribution >= 4 is 5.84 Å². The fourth-order valence-electron chi connectivity index (χ4n) is 0.596. The molecule has 1 rings (SSSR count). The Morgan fingerprint density at radius 1 is 1.70 bits per heavy atom. The summed E-state index contributed by atoms with van der Waals surface area (Å²) in [5.41, 5.74) is 7.73. The Morgan fingerprint density at radius 3 is 3.00 bits per heavy atom. The highest BCUT2D eigenvalue weighted by molar-refractivity contribution is 5.81. The van der Waals surface area contributed by atoms with Gasteiger partial charge in [0.05, 0.1) is 5.10 Å². The lowest BCUT2D eigenvalue weighted by molar-refractivity contribution is -0.485. The normalized spacial score (nSPS) is 22.2. The van der Waals surface area contributed by atoms with Gasteiger partial charge in [0, 0.05) is 13.0 Å². The van der Waals surface area contributed by atoms with Crippen LogP contribution in [-0.4, -0.2) is 17.4 Å². The number of hydrogen-bond donors (Lipinski definition) is 3. The zero-order chi connectivity index (χ0) is 7.40. The highest BCUT2D eigenvalue weighted by atomic mass is 16.7. The zero-order valence-corrected chi connectivity index (χ0v) is 5.13. The van der Waals surface area contributed by atoms with Crippen molar-refractivity contribution in [2.75, 3.05) is 6.54 Å². The van der Waals surface area contributed by atoms with Gasteiger partial charge in [0.25, 0.3) is 0 Å². The third kappa shape index (κ3) is 1.96. The lowest BCUT2D eigenvalue weighted by Gasteiger charge is -2.14. The summed E-state index contributed by atoms with van der Waals surface area (Å²) in [6.07, 6.45) is 0.536. The van der Waals surface area contributed by atoms with Crippen molar-refractivity contribution in [3.63, 3.8) is 0 Å². The molecular weight excluding hydrogens is 138 g/mol. The Balaban J connectivity index is 2.45. The SMILES string of the molecule is O=[N+]([O-])N=C1CCNNN1. The van der Waals surface area contributed by atoms with Crippen LogP contribution in [0.25, 0.3) is 0 Å². The Kier molecular flexibility index (Phi) is 2.13. The third-order valence-electron chi connectivity index (χ3n) is 0.984. The first-order valence-electron chi connectivity index (χ1n) is 2.75. The van der Waals surface area contributed by atoms with Crippen LogP contribution in [0.4, 0.5) is 0 Å². The minimum Gasteiger partial charge on any atom is -0.291 e. The van der Waals surface area contributed by atoms with Gasteiger partial charge in [-0.1, -0.05) is 0 Å². The maximum absolute atomic E-state index is 9.80. The number of nitro groups is 1. The van der Waals surface area contributed by atoms with Crippen LogP contribution in [0.1, 0.15) is 6.42 Å². The molecule has 0 bridgehead atoms. The number of hydrogen-bond acceptors (Lipinski definition) is 4. The van der Waals surface area contributed by atoms with Crippen LogP contribution in [0.3, 0.4) is 0 Å². The molecule has 7 heteroatoms. The smallest absolute Gasteiger partial charge is 0.193 e. The Labute approximate surface area is 56.6 Å². The van der Waals surface area contributed by atoms with Crippen molar-refractivity contribution in [3.05, 3.63) is 10.1 Å². The molecule has 1 aliphatic heterocycles. The van der Waals surface area contributed by atoms with E-state index in [1.807, 2.05) is 0 Å². The van der Waals surface area contributed by atoms with E-state index in [0.29, 0.717) is 18.8 Å². The van der Waals surface area contributed by atoms with Gasteiger partial charge in [-0.2, -0.15) is 5.53 Å². The van der Waals surface area contributed by atoms with E-state index < -0.39 is 5.03 Å². The maximum atomic E-state index is 9.80. The molecular formula is C3H7N5O2. The van der Waals surface area contributed by atoms with Crippen LogP contribution in [-0.2, 0) is 0 Å². The fourth-order valence-corrected chi connectivity index (χ4v) is 0.596. The van der Waals surface area contributed by atoms with E-state index in [2.05, 4.69) is 21.5 Å². The van der Waals surface area contributed by atoms with Crippen LogP contribution < -0.4 is 16.4 Å². The first-order valence-corrected chi connectivity index (χ1v) is 2.75. The van der Waals surface area contributed by atoms with E-state index in [-0.39, 0.29) is 0 Å². The van der Waals surface area contributed by atoms with Crippen molar-refractivity contribution in [1.82, 2.24) is 16.4 Å². The predicted molar refractivity (Wildman–Crippen MR) is 33.3 cm³/mol. The number of hydrazine groups is 2. The van der Waals surface area contributed by atoms with Gasteiger partial charge in [-0.3, -0.25) is 5.43 Å². The monoisotopic (exact) mass is 145 g/mol. The molecule has 7 nitrogen and oxygen atoms in total. The molecule has 3 N–H and O–H groups in total. The van der Waals surface area contributed by atoms with E-state index in [0.717, 1.165) is 0 Å². The summed E-state index contributed by atoms with van der Waals surface area (Å²) < 4.78 is 0. The second kappa shape index (κ2) is 3.08. The predicted octanol–water partition coefficient (Wildman–Crippen LogP) is -1.42. The lowest BCUT2D eigenvalue weighted by atomic mass is 10.4. The van der Waals surface area contributed by atoms with E-state index in [4.69, 9.17) is 0 Å². The molecule has 56 valence electrons. The molecule has 1 aliphatic rings. The average molecular weight is 145 g/mol. The highest BCUT2D eigenvalue weighted by Gasteiger charge is 2.07. The average Bonchev–Trinajstić information content (AvgIpc) is 1.88. The van der Waals surface area contributed by atoms with Crippen molar-refractivity contribution in [2.45, 2.75) is 6.42 Å². The van der Waals surface area contributed by atoms with Gasteiger partial charge in [0.1, 0.15) is 0 Å². The first kappa shape index (κ1) is 6.90. The molecule has 0 unspecified atom stereocenters. The minimum atomic E-state index is -0.727. The summed E-state index contributed by atoms with van der Waals surface area (Å²) in [5.74, 6) is 0.337. The molecule has 1 heterocycles. The summed E-state index contributed by atoms with van der Waals surface area (Å²) in [4.78, 5) is 9.80. The summed E-state index contributed by atoms with van der Waals surface area (Å²) >= 11 is 0. The van der Waals surface area contributed by atoms with Gasteiger partial charge in [0.15, 0.2) is 10.9 Å². The molecule has 0 spiro atoms. The van der Waals surface area contributed by atoms with Crippen molar-refractivity contribution < 1.29 is 5.03 Å². The van der Waals surface area contributed by atoms with E-state index >= 15 is 0 Å². The summed E-state index contributed by atoms with van der Waals surface area (Å²) in [5, 5.41) is 12.1. The standard InChI is InChI=1S/C3H7N5O2/c9-8(10)6-3-1-2-4-7-5-3/h4,7H,1-2H2,(H,5,6). The summed E-state index contributed by atoms with van der Waals surface area (Å²) in [7, 11) is 0.